The summed E-state index contributed by atoms with van der Waals surface area (Å²) in [4.78, 5) is 14.1. The molecule has 1 aliphatic rings. The lowest BCUT2D eigenvalue weighted by Crippen LogP contribution is -2.58. The summed E-state index contributed by atoms with van der Waals surface area (Å²) in [5, 5.41) is 3.21. The molecule has 1 fully saturated rings. The second-order valence-electron chi connectivity index (χ2n) is 4.54. The van der Waals surface area contributed by atoms with Crippen LogP contribution in [0.3, 0.4) is 0 Å². The molecule has 0 saturated carbocycles. The van der Waals surface area contributed by atoms with Crippen LogP contribution in [0.5, 0.6) is 0 Å². The van der Waals surface area contributed by atoms with Crippen LogP contribution in [0.1, 0.15) is 39.5 Å². The third-order valence-electron chi connectivity index (χ3n) is 3.28. The quantitative estimate of drug-likeness (QED) is 0.726. The molecule has 15 heavy (non-hydrogen) atoms. The van der Waals surface area contributed by atoms with Crippen molar-refractivity contribution in [3.05, 3.63) is 0 Å². The topological polar surface area (TPSA) is 32.3 Å². The summed E-state index contributed by atoms with van der Waals surface area (Å²) in [5.74, 6) is 0.607. The Bertz CT molecular complexity index is 196. The molecular weight excluding hydrogens is 188 g/mol. The van der Waals surface area contributed by atoms with Gasteiger partial charge in [-0.1, -0.05) is 26.7 Å². The van der Waals surface area contributed by atoms with Crippen LogP contribution in [0.4, 0.5) is 0 Å². The fraction of sp³-hybridized carbons (Fsp3) is 0.917. The van der Waals surface area contributed by atoms with Crippen molar-refractivity contribution < 1.29 is 4.79 Å². The Morgan fingerprint density at radius 1 is 1.33 bits per heavy atom. The average Bonchev–Trinajstić information content (AvgIpc) is 2.13. The maximum absolute atomic E-state index is 12.2. The van der Waals surface area contributed by atoms with E-state index in [0.717, 1.165) is 38.8 Å². The SMILES string of the molecule is CCCC(CCC)C(=O)N(C)C1CNC1. The van der Waals surface area contributed by atoms with Gasteiger partial charge in [0.05, 0.1) is 6.04 Å². The molecule has 1 amide bonds. The molecule has 1 rings (SSSR count). The first-order valence-electron chi connectivity index (χ1n) is 6.18. The predicted molar refractivity (Wildman–Crippen MR) is 62.7 cm³/mol. The van der Waals surface area contributed by atoms with Gasteiger partial charge in [-0.3, -0.25) is 4.79 Å². The van der Waals surface area contributed by atoms with Crippen molar-refractivity contribution >= 4 is 5.91 Å². The van der Waals surface area contributed by atoms with Crippen molar-refractivity contribution in [3.8, 4) is 0 Å². The molecule has 1 N–H and O–H groups in total. The smallest absolute Gasteiger partial charge is 0.225 e. The Kier molecular flexibility index (Phi) is 5.09. The zero-order valence-corrected chi connectivity index (χ0v) is 10.3. The normalized spacial score (nSPS) is 16.5. The minimum absolute atomic E-state index is 0.255. The number of carbonyl (C=O) groups is 1. The number of amides is 1. The monoisotopic (exact) mass is 212 g/mol. The highest BCUT2D eigenvalue weighted by Crippen LogP contribution is 2.18. The molecule has 1 aliphatic heterocycles. The molecular formula is C12H24N2O. The maximum atomic E-state index is 12.2. The third-order valence-corrected chi connectivity index (χ3v) is 3.28. The van der Waals surface area contributed by atoms with E-state index in [1.165, 1.54) is 0 Å². The van der Waals surface area contributed by atoms with Crippen molar-refractivity contribution in [2.75, 3.05) is 20.1 Å². The summed E-state index contributed by atoms with van der Waals surface area (Å²) >= 11 is 0. The van der Waals surface area contributed by atoms with Crippen LogP contribution in [-0.4, -0.2) is 37.0 Å². The van der Waals surface area contributed by atoms with Gasteiger partial charge in [0.15, 0.2) is 0 Å². The van der Waals surface area contributed by atoms with E-state index in [1.54, 1.807) is 0 Å². The van der Waals surface area contributed by atoms with Gasteiger partial charge in [0.1, 0.15) is 0 Å². The van der Waals surface area contributed by atoms with Crippen LogP contribution in [0.25, 0.3) is 0 Å². The first-order chi connectivity index (χ1) is 7.20. The average molecular weight is 212 g/mol. The lowest BCUT2D eigenvalue weighted by atomic mass is 9.95. The Morgan fingerprint density at radius 2 is 1.87 bits per heavy atom. The van der Waals surface area contributed by atoms with Crippen molar-refractivity contribution in [1.29, 1.82) is 0 Å². The predicted octanol–water partition coefficient (Wildman–Crippen LogP) is 1.63. The first kappa shape index (κ1) is 12.5. The van der Waals surface area contributed by atoms with Crippen LogP contribution in [-0.2, 0) is 4.79 Å². The molecule has 0 radical (unpaired) electrons. The number of nitrogens with zero attached hydrogens (tertiary/aromatic N) is 1. The van der Waals surface area contributed by atoms with E-state index >= 15 is 0 Å². The van der Waals surface area contributed by atoms with E-state index in [-0.39, 0.29) is 5.92 Å². The molecule has 1 heterocycles. The summed E-state index contributed by atoms with van der Waals surface area (Å²) in [5.41, 5.74) is 0. The van der Waals surface area contributed by atoms with Gasteiger partial charge in [-0.15, -0.1) is 0 Å². The summed E-state index contributed by atoms with van der Waals surface area (Å²) in [6.07, 6.45) is 4.29. The molecule has 3 heteroatoms. The molecule has 88 valence electrons. The second-order valence-corrected chi connectivity index (χ2v) is 4.54. The standard InChI is InChI=1S/C12H24N2O/c1-4-6-10(7-5-2)12(15)14(3)11-8-13-9-11/h10-11,13H,4-9H2,1-3H3. The maximum Gasteiger partial charge on any atom is 0.225 e. The first-order valence-corrected chi connectivity index (χ1v) is 6.18. The van der Waals surface area contributed by atoms with Gasteiger partial charge in [-0.2, -0.15) is 0 Å². The van der Waals surface area contributed by atoms with Crippen molar-refractivity contribution in [2.45, 2.75) is 45.6 Å². The van der Waals surface area contributed by atoms with Gasteiger partial charge in [-0.05, 0) is 12.8 Å². The lowest BCUT2D eigenvalue weighted by molar-refractivity contribution is -0.137. The number of carbonyl (C=O) groups excluding carboxylic acids is 1. The van der Waals surface area contributed by atoms with Crippen LogP contribution in [0.15, 0.2) is 0 Å². The highest BCUT2D eigenvalue weighted by Gasteiger charge is 2.29. The Labute approximate surface area is 93.2 Å². The van der Waals surface area contributed by atoms with E-state index < -0.39 is 0 Å². The number of likely N-dealkylation sites (N-methyl/N-ethyl adjacent to an activating group) is 1. The van der Waals surface area contributed by atoms with Gasteiger partial charge in [0, 0.05) is 26.1 Å². The van der Waals surface area contributed by atoms with Gasteiger partial charge < -0.3 is 10.2 Å². The van der Waals surface area contributed by atoms with Crippen LogP contribution in [0, 0.1) is 5.92 Å². The van der Waals surface area contributed by atoms with E-state index in [0.29, 0.717) is 11.9 Å². The molecule has 0 bridgehead atoms. The Hall–Kier alpha value is -0.570. The van der Waals surface area contributed by atoms with Crippen LogP contribution in [0.2, 0.25) is 0 Å². The fourth-order valence-corrected chi connectivity index (χ4v) is 2.10. The summed E-state index contributed by atoms with van der Waals surface area (Å²) < 4.78 is 0. The highest BCUT2D eigenvalue weighted by atomic mass is 16.2. The molecule has 0 atom stereocenters. The van der Waals surface area contributed by atoms with Crippen molar-refractivity contribution in [2.24, 2.45) is 5.92 Å². The zero-order valence-electron chi connectivity index (χ0n) is 10.3. The Morgan fingerprint density at radius 3 is 2.20 bits per heavy atom. The highest BCUT2D eigenvalue weighted by molar-refractivity contribution is 5.79. The number of rotatable bonds is 6. The number of hydrogen-bond donors (Lipinski definition) is 1. The van der Waals surface area contributed by atoms with Gasteiger partial charge in [0.2, 0.25) is 5.91 Å². The minimum Gasteiger partial charge on any atom is -0.340 e. The molecule has 0 aromatic heterocycles. The second kappa shape index (κ2) is 6.11. The zero-order chi connectivity index (χ0) is 11.3. The minimum atomic E-state index is 0.255. The van der Waals surface area contributed by atoms with E-state index in [2.05, 4.69) is 19.2 Å². The third kappa shape index (κ3) is 3.20. The van der Waals surface area contributed by atoms with Crippen molar-refractivity contribution in [3.63, 3.8) is 0 Å². The lowest BCUT2D eigenvalue weighted by Gasteiger charge is -2.37. The number of nitrogens with one attached hydrogen (secondary N) is 1. The molecule has 0 spiro atoms. The van der Waals surface area contributed by atoms with Gasteiger partial charge in [-0.25, -0.2) is 0 Å². The van der Waals surface area contributed by atoms with E-state index in [1.807, 2.05) is 11.9 Å². The van der Waals surface area contributed by atoms with Gasteiger partial charge in [0.25, 0.3) is 0 Å². The Balaban J connectivity index is 2.45. The molecule has 0 aromatic carbocycles. The van der Waals surface area contributed by atoms with Crippen molar-refractivity contribution in [1.82, 2.24) is 10.2 Å². The summed E-state index contributed by atoms with van der Waals surface area (Å²) in [6.45, 7) is 6.24. The van der Waals surface area contributed by atoms with Crippen LogP contribution < -0.4 is 5.32 Å². The largest absolute Gasteiger partial charge is 0.340 e. The summed E-state index contributed by atoms with van der Waals surface area (Å²) in [7, 11) is 1.95. The molecule has 3 nitrogen and oxygen atoms in total. The van der Waals surface area contributed by atoms with E-state index in [9.17, 15) is 4.79 Å². The fourth-order valence-electron chi connectivity index (χ4n) is 2.10. The summed E-state index contributed by atoms with van der Waals surface area (Å²) in [6, 6.07) is 0.439. The van der Waals surface area contributed by atoms with Gasteiger partial charge >= 0.3 is 0 Å². The molecule has 0 aliphatic carbocycles. The molecule has 0 aromatic rings. The van der Waals surface area contributed by atoms with E-state index in [4.69, 9.17) is 0 Å². The molecule has 1 saturated heterocycles. The van der Waals surface area contributed by atoms with Crippen LogP contribution >= 0.6 is 0 Å². The number of hydrogen-bond acceptors (Lipinski definition) is 2. The molecule has 0 unspecified atom stereocenters.